The highest BCUT2D eigenvalue weighted by atomic mass is 32.1. The lowest BCUT2D eigenvalue weighted by Gasteiger charge is -2.32. The normalized spacial score (nSPS) is 18.9. The largest absolute Gasteiger partial charge is 0.379 e. The lowest BCUT2D eigenvalue weighted by molar-refractivity contribution is -0.122. The third-order valence-electron chi connectivity index (χ3n) is 5.91. The van der Waals surface area contributed by atoms with Gasteiger partial charge in [-0.05, 0) is 24.3 Å². The molecule has 2 aliphatic rings. The first-order valence-corrected chi connectivity index (χ1v) is 12.1. The quantitative estimate of drug-likeness (QED) is 0.653. The van der Waals surface area contributed by atoms with Gasteiger partial charge in [0, 0.05) is 47.9 Å². The number of morpholine rings is 1. The Hall–Kier alpha value is -2.07. The van der Waals surface area contributed by atoms with Gasteiger partial charge in [-0.25, -0.2) is 9.97 Å². The Morgan fingerprint density at radius 1 is 1.17 bits per heavy atom. The lowest BCUT2D eigenvalue weighted by atomic mass is 9.96. The van der Waals surface area contributed by atoms with Gasteiger partial charge in [-0.2, -0.15) is 0 Å². The van der Waals surface area contributed by atoms with Crippen molar-refractivity contribution >= 4 is 44.6 Å². The molecule has 3 aromatic rings. The number of carbonyl (C=O) groups excluding carboxylic acids is 1. The Morgan fingerprint density at radius 2 is 1.97 bits per heavy atom. The number of anilines is 1. The molecule has 7 nitrogen and oxygen atoms in total. The summed E-state index contributed by atoms with van der Waals surface area (Å²) >= 11 is 3.42. The Morgan fingerprint density at radius 3 is 2.67 bits per heavy atom. The van der Waals surface area contributed by atoms with Crippen LogP contribution in [0.4, 0.5) is 5.82 Å². The molecule has 0 spiro atoms. The lowest BCUT2D eigenvalue weighted by Crippen LogP contribution is -2.39. The molecule has 30 heavy (non-hydrogen) atoms. The van der Waals surface area contributed by atoms with E-state index in [1.807, 2.05) is 0 Å². The van der Waals surface area contributed by atoms with Gasteiger partial charge in [0.15, 0.2) is 0 Å². The topological polar surface area (TPSA) is 84.6 Å². The molecule has 0 aliphatic carbocycles. The van der Waals surface area contributed by atoms with Crippen molar-refractivity contribution in [2.75, 3.05) is 44.3 Å². The number of fused-ring (bicyclic) bond motifs is 1. The maximum Gasteiger partial charge on any atom is 0.220 e. The predicted octanol–water partition coefficient (Wildman–Crippen LogP) is 2.95. The number of hydrogen-bond acceptors (Lipinski definition) is 8. The van der Waals surface area contributed by atoms with Gasteiger partial charge in [0.1, 0.15) is 16.5 Å². The molecule has 2 N–H and O–H groups in total. The van der Waals surface area contributed by atoms with Crippen LogP contribution < -0.4 is 10.6 Å². The Labute approximate surface area is 183 Å². The van der Waals surface area contributed by atoms with Crippen molar-refractivity contribution in [2.24, 2.45) is 11.7 Å². The maximum atomic E-state index is 11.6. The van der Waals surface area contributed by atoms with Crippen LogP contribution in [-0.2, 0) is 16.1 Å². The molecule has 3 aromatic heterocycles. The van der Waals surface area contributed by atoms with Crippen LogP contribution in [0.3, 0.4) is 0 Å². The highest BCUT2D eigenvalue weighted by Crippen LogP contribution is 2.41. The van der Waals surface area contributed by atoms with Crippen LogP contribution in [0.5, 0.6) is 0 Å². The minimum absolute atomic E-state index is 0.0364. The number of thiophene rings is 2. The van der Waals surface area contributed by atoms with Crippen molar-refractivity contribution < 1.29 is 9.53 Å². The minimum Gasteiger partial charge on any atom is -0.379 e. The van der Waals surface area contributed by atoms with Gasteiger partial charge in [-0.1, -0.05) is 6.07 Å². The van der Waals surface area contributed by atoms with E-state index < -0.39 is 0 Å². The summed E-state index contributed by atoms with van der Waals surface area (Å²) in [6, 6.07) is 4.23. The van der Waals surface area contributed by atoms with E-state index in [0.717, 1.165) is 80.6 Å². The van der Waals surface area contributed by atoms with Gasteiger partial charge in [0.05, 0.1) is 25.1 Å². The number of rotatable bonds is 5. The standard InChI is InChI=1S/C21H25N5O2S2/c22-19(27)14-3-5-26(6-4-14)20-18-15(16-2-1-11-29-16)13-30-21(18)24-17(23-20)12-25-7-9-28-10-8-25/h1-2,11,13-14H,3-10,12H2,(H2,22,27). The number of ether oxygens (including phenoxy) is 1. The second-order valence-electron chi connectivity index (χ2n) is 7.82. The number of amides is 1. The number of hydrogen-bond donors (Lipinski definition) is 1. The van der Waals surface area contributed by atoms with Gasteiger partial charge in [-0.15, -0.1) is 22.7 Å². The summed E-state index contributed by atoms with van der Waals surface area (Å²) in [4.78, 5) is 28.5. The summed E-state index contributed by atoms with van der Waals surface area (Å²) in [5.74, 6) is 1.63. The van der Waals surface area contributed by atoms with Crippen molar-refractivity contribution in [3.8, 4) is 10.4 Å². The van der Waals surface area contributed by atoms with E-state index in [4.69, 9.17) is 20.4 Å². The fourth-order valence-corrected chi connectivity index (χ4v) is 5.99. The molecular weight excluding hydrogens is 418 g/mol. The van der Waals surface area contributed by atoms with E-state index >= 15 is 0 Å². The van der Waals surface area contributed by atoms with Crippen LogP contribution >= 0.6 is 22.7 Å². The van der Waals surface area contributed by atoms with E-state index in [1.165, 1.54) is 10.4 Å². The molecule has 1 amide bonds. The summed E-state index contributed by atoms with van der Waals surface area (Å²) < 4.78 is 5.48. The van der Waals surface area contributed by atoms with E-state index in [9.17, 15) is 4.79 Å². The molecule has 0 atom stereocenters. The van der Waals surface area contributed by atoms with Gasteiger partial charge >= 0.3 is 0 Å². The van der Waals surface area contributed by atoms with E-state index in [1.54, 1.807) is 22.7 Å². The van der Waals surface area contributed by atoms with Crippen molar-refractivity contribution in [2.45, 2.75) is 19.4 Å². The van der Waals surface area contributed by atoms with Crippen LogP contribution in [0.25, 0.3) is 20.7 Å². The number of primary amides is 1. The molecule has 0 unspecified atom stereocenters. The Kier molecular flexibility index (Phi) is 5.68. The molecule has 9 heteroatoms. The Balaban J connectivity index is 1.52. The van der Waals surface area contributed by atoms with Crippen LogP contribution in [0.1, 0.15) is 18.7 Å². The second kappa shape index (κ2) is 8.58. The second-order valence-corrected chi connectivity index (χ2v) is 9.63. The minimum atomic E-state index is -0.190. The summed E-state index contributed by atoms with van der Waals surface area (Å²) in [6.45, 7) is 5.65. The van der Waals surface area contributed by atoms with Crippen LogP contribution in [0.15, 0.2) is 22.9 Å². The zero-order valence-corrected chi connectivity index (χ0v) is 18.4. The molecule has 0 radical (unpaired) electrons. The van der Waals surface area contributed by atoms with Crippen molar-refractivity contribution in [3.63, 3.8) is 0 Å². The first-order valence-electron chi connectivity index (χ1n) is 10.4. The molecule has 0 bridgehead atoms. The average Bonchev–Trinajstić information content (AvgIpc) is 3.44. The van der Waals surface area contributed by atoms with Crippen LogP contribution in [0, 0.1) is 5.92 Å². The molecule has 5 heterocycles. The average molecular weight is 444 g/mol. The monoisotopic (exact) mass is 443 g/mol. The van der Waals surface area contributed by atoms with Gasteiger partial charge in [0.25, 0.3) is 0 Å². The highest BCUT2D eigenvalue weighted by molar-refractivity contribution is 7.18. The summed E-state index contributed by atoms with van der Waals surface area (Å²) in [5, 5.41) is 5.43. The molecule has 0 aromatic carbocycles. The zero-order valence-electron chi connectivity index (χ0n) is 16.7. The number of nitrogens with zero attached hydrogens (tertiary/aromatic N) is 4. The summed E-state index contributed by atoms with van der Waals surface area (Å²) in [5.41, 5.74) is 6.75. The van der Waals surface area contributed by atoms with Crippen LogP contribution in [-0.4, -0.2) is 60.2 Å². The molecule has 2 fully saturated rings. The first-order chi connectivity index (χ1) is 14.7. The van der Waals surface area contributed by atoms with E-state index in [-0.39, 0.29) is 11.8 Å². The molecule has 158 valence electrons. The summed E-state index contributed by atoms with van der Waals surface area (Å²) in [6.07, 6.45) is 1.55. The zero-order chi connectivity index (χ0) is 20.5. The van der Waals surface area contributed by atoms with Gasteiger partial charge < -0.3 is 15.4 Å². The third kappa shape index (κ3) is 3.94. The van der Waals surface area contributed by atoms with Gasteiger partial charge in [-0.3, -0.25) is 9.69 Å². The number of nitrogens with two attached hydrogens (primary N) is 1. The molecular formula is C21H25N5O2S2. The number of carbonyl (C=O) groups is 1. The van der Waals surface area contributed by atoms with Crippen LogP contribution in [0.2, 0.25) is 0 Å². The molecule has 0 saturated carbocycles. The fraction of sp³-hybridized carbons (Fsp3) is 0.476. The number of aromatic nitrogens is 2. The number of piperidine rings is 1. The molecule has 5 rings (SSSR count). The molecule has 2 saturated heterocycles. The summed E-state index contributed by atoms with van der Waals surface area (Å²) in [7, 11) is 0. The van der Waals surface area contributed by atoms with Crippen molar-refractivity contribution in [1.82, 2.24) is 14.9 Å². The first kappa shape index (κ1) is 19.9. The van der Waals surface area contributed by atoms with Gasteiger partial charge in [0.2, 0.25) is 5.91 Å². The fourth-order valence-electron chi connectivity index (χ4n) is 4.21. The maximum absolute atomic E-state index is 11.6. The van der Waals surface area contributed by atoms with Crippen molar-refractivity contribution in [3.05, 3.63) is 28.7 Å². The molecule has 2 aliphatic heterocycles. The van der Waals surface area contributed by atoms with E-state index in [0.29, 0.717) is 0 Å². The SMILES string of the molecule is NC(=O)C1CCN(c2nc(CN3CCOCC3)nc3scc(-c4cccs4)c23)CC1. The van der Waals surface area contributed by atoms with E-state index in [2.05, 4.69) is 32.7 Å². The predicted molar refractivity (Wildman–Crippen MR) is 121 cm³/mol. The highest BCUT2D eigenvalue weighted by Gasteiger charge is 2.27. The Bertz CT molecular complexity index is 1020. The van der Waals surface area contributed by atoms with Crippen molar-refractivity contribution in [1.29, 1.82) is 0 Å². The smallest absolute Gasteiger partial charge is 0.220 e. The third-order valence-corrected chi connectivity index (χ3v) is 7.69.